The van der Waals surface area contributed by atoms with Gasteiger partial charge >= 0.3 is 0 Å². The minimum absolute atomic E-state index is 0.0404. The normalized spacial score (nSPS) is 14.9. The van der Waals surface area contributed by atoms with E-state index < -0.39 is 0 Å². The molecule has 0 bridgehead atoms. The number of nitrogens with two attached hydrogens (primary N) is 1. The Morgan fingerprint density at radius 3 is 2.53 bits per heavy atom. The second kappa shape index (κ2) is 6.97. The van der Waals surface area contributed by atoms with E-state index in [1.54, 1.807) is 0 Å². The minimum Gasteiger partial charge on any atom is -0.395 e. The van der Waals surface area contributed by atoms with E-state index in [1.807, 2.05) is 31.2 Å². The molecule has 0 aliphatic heterocycles. The topological polar surface area (TPSA) is 49.5 Å². The van der Waals surface area contributed by atoms with Crippen LogP contribution >= 0.6 is 11.6 Å². The van der Waals surface area contributed by atoms with E-state index in [-0.39, 0.29) is 18.7 Å². The van der Waals surface area contributed by atoms with E-state index >= 15 is 0 Å². The van der Waals surface area contributed by atoms with Crippen LogP contribution in [0.5, 0.6) is 0 Å². The molecule has 0 saturated heterocycles. The predicted molar refractivity (Wildman–Crippen MR) is 72.2 cm³/mol. The van der Waals surface area contributed by atoms with Crippen LogP contribution in [0.2, 0.25) is 5.02 Å². The van der Waals surface area contributed by atoms with Crippen molar-refractivity contribution in [3.63, 3.8) is 0 Å². The Hall–Kier alpha value is -0.610. The molecular formula is C13H21ClN2O. The summed E-state index contributed by atoms with van der Waals surface area (Å²) in [5.41, 5.74) is 7.09. The molecular weight excluding hydrogens is 236 g/mol. The highest BCUT2D eigenvalue weighted by atomic mass is 35.5. The second-order valence-corrected chi connectivity index (χ2v) is 4.58. The molecule has 0 aliphatic carbocycles. The smallest absolute Gasteiger partial charge is 0.0558 e. The molecule has 4 heteroatoms. The van der Waals surface area contributed by atoms with Crippen molar-refractivity contribution in [2.45, 2.75) is 25.9 Å². The standard InChI is InChI=1S/C13H21ClN2O/c1-3-16(8-9-17)13(10(2)15)11-6-4-5-7-12(11)14/h4-7,10,13,17H,3,8-9,15H2,1-2H3. The first-order chi connectivity index (χ1) is 8.11. The lowest BCUT2D eigenvalue weighted by Crippen LogP contribution is -2.41. The highest BCUT2D eigenvalue weighted by molar-refractivity contribution is 6.31. The molecule has 2 unspecified atom stereocenters. The lowest BCUT2D eigenvalue weighted by Gasteiger charge is -2.33. The van der Waals surface area contributed by atoms with Crippen molar-refractivity contribution in [3.05, 3.63) is 34.9 Å². The third kappa shape index (κ3) is 3.68. The molecule has 0 heterocycles. The SMILES string of the molecule is CCN(CCO)C(c1ccccc1Cl)C(C)N. The van der Waals surface area contributed by atoms with Crippen LogP contribution in [-0.2, 0) is 0 Å². The number of nitrogens with zero attached hydrogens (tertiary/aromatic N) is 1. The molecule has 0 saturated carbocycles. The molecule has 1 aromatic carbocycles. The largest absolute Gasteiger partial charge is 0.395 e. The summed E-state index contributed by atoms with van der Waals surface area (Å²) in [6, 6.07) is 7.74. The van der Waals surface area contributed by atoms with Crippen LogP contribution in [-0.4, -0.2) is 35.7 Å². The van der Waals surface area contributed by atoms with Gasteiger partial charge in [-0.2, -0.15) is 0 Å². The summed E-state index contributed by atoms with van der Waals surface area (Å²) in [4.78, 5) is 2.14. The fraction of sp³-hybridized carbons (Fsp3) is 0.538. The number of halogens is 1. The molecule has 0 aliphatic rings. The van der Waals surface area contributed by atoms with E-state index in [9.17, 15) is 0 Å². The van der Waals surface area contributed by atoms with Gasteiger partial charge in [0.15, 0.2) is 0 Å². The summed E-state index contributed by atoms with van der Waals surface area (Å²) >= 11 is 6.22. The van der Waals surface area contributed by atoms with Gasteiger partial charge in [-0.15, -0.1) is 0 Å². The number of hydrogen-bond acceptors (Lipinski definition) is 3. The average molecular weight is 257 g/mol. The zero-order valence-corrected chi connectivity index (χ0v) is 11.2. The fourth-order valence-corrected chi connectivity index (χ4v) is 2.40. The van der Waals surface area contributed by atoms with Crippen LogP contribution in [0.25, 0.3) is 0 Å². The van der Waals surface area contributed by atoms with E-state index in [0.29, 0.717) is 6.54 Å². The van der Waals surface area contributed by atoms with Gasteiger partial charge in [0.2, 0.25) is 0 Å². The summed E-state index contributed by atoms with van der Waals surface area (Å²) < 4.78 is 0. The summed E-state index contributed by atoms with van der Waals surface area (Å²) in [6.07, 6.45) is 0. The first-order valence-electron chi connectivity index (χ1n) is 5.96. The second-order valence-electron chi connectivity index (χ2n) is 4.18. The Morgan fingerprint density at radius 1 is 1.41 bits per heavy atom. The number of benzene rings is 1. The Kier molecular flexibility index (Phi) is 5.92. The third-order valence-corrected chi connectivity index (χ3v) is 3.25. The lowest BCUT2D eigenvalue weighted by molar-refractivity contribution is 0.143. The van der Waals surface area contributed by atoms with Crippen molar-refractivity contribution in [1.82, 2.24) is 4.90 Å². The highest BCUT2D eigenvalue weighted by Crippen LogP contribution is 2.29. The molecule has 17 heavy (non-hydrogen) atoms. The molecule has 3 N–H and O–H groups in total. The number of aliphatic hydroxyl groups is 1. The van der Waals surface area contributed by atoms with Crippen LogP contribution in [0.4, 0.5) is 0 Å². The summed E-state index contributed by atoms with van der Waals surface area (Å²) in [6.45, 7) is 5.59. The maximum Gasteiger partial charge on any atom is 0.0558 e. The third-order valence-electron chi connectivity index (χ3n) is 2.91. The maximum atomic E-state index is 9.10. The Bertz CT molecular complexity index is 344. The molecule has 2 atom stereocenters. The minimum atomic E-state index is -0.0404. The van der Waals surface area contributed by atoms with Crippen LogP contribution in [0.1, 0.15) is 25.5 Å². The Labute approximate surface area is 108 Å². The van der Waals surface area contributed by atoms with Crippen molar-refractivity contribution in [2.75, 3.05) is 19.7 Å². The van der Waals surface area contributed by atoms with Gasteiger partial charge in [0.25, 0.3) is 0 Å². The van der Waals surface area contributed by atoms with Gasteiger partial charge in [-0.3, -0.25) is 4.90 Å². The van der Waals surface area contributed by atoms with Gasteiger partial charge in [-0.1, -0.05) is 36.7 Å². The Balaban J connectivity index is 3.04. The van der Waals surface area contributed by atoms with Crippen molar-refractivity contribution in [3.8, 4) is 0 Å². The molecule has 1 rings (SSSR count). The van der Waals surface area contributed by atoms with Crippen LogP contribution in [0, 0.1) is 0 Å². The van der Waals surface area contributed by atoms with Crippen LogP contribution < -0.4 is 5.73 Å². The van der Waals surface area contributed by atoms with E-state index in [0.717, 1.165) is 17.1 Å². The van der Waals surface area contributed by atoms with E-state index in [2.05, 4.69) is 11.8 Å². The monoisotopic (exact) mass is 256 g/mol. The quantitative estimate of drug-likeness (QED) is 0.819. The number of likely N-dealkylation sites (N-methyl/N-ethyl adjacent to an activating group) is 1. The van der Waals surface area contributed by atoms with Crippen LogP contribution in [0.3, 0.4) is 0 Å². The van der Waals surface area contributed by atoms with Crippen molar-refractivity contribution >= 4 is 11.6 Å². The van der Waals surface area contributed by atoms with E-state index in [4.69, 9.17) is 22.4 Å². The van der Waals surface area contributed by atoms with Crippen molar-refractivity contribution < 1.29 is 5.11 Å². The summed E-state index contributed by atoms with van der Waals surface area (Å²) in [5.74, 6) is 0. The maximum absolute atomic E-state index is 9.10. The zero-order chi connectivity index (χ0) is 12.8. The van der Waals surface area contributed by atoms with Crippen LogP contribution in [0.15, 0.2) is 24.3 Å². The van der Waals surface area contributed by atoms with Gasteiger partial charge in [0.05, 0.1) is 12.6 Å². The molecule has 96 valence electrons. The molecule has 0 aromatic heterocycles. The molecule has 0 radical (unpaired) electrons. The average Bonchev–Trinajstić information content (AvgIpc) is 2.30. The lowest BCUT2D eigenvalue weighted by atomic mass is 9.99. The number of hydrogen-bond donors (Lipinski definition) is 2. The first-order valence-corrected chi connectivity index (χ1v) is 6.34. The van der Waals surface area contributed by atoms with Crippen molar-refractivity contribution in [2.24, 2.45) is 5.73 Å². The summed E-state index contributed by atoms with van der Waals surface area (Å²) in [7, 11) is 0. The number of rotatable bonds is 6. The van der Waals surface area contributed by atoms with Crippen molar-refractivity contribution in [1.29, 1.82) is 0 Å². The molecule has 1 aromatic rings. The predicted octanol–water partition coefficient (Wildman–Crippen LogP) is 2.04. The van der Waals surface area contributed by atoms with Gasteiger partial charge in [0.1, 0.15) is 0 Å². The first kappa shape index (κ1) is 14.5. The van der Waals surface area contributed by atoms with Gasteiger partial charge in [0, 0.05) is 17.6 Å². The Morgan fingerprint density at radius 2 is 2.06 bits per heavy atom. The van der Waals surface area contributed by atoms with Gasteiger partial charge in [-0.25, -0.2) is 0 Å². The highest BCUT2D eigenvalue weighted by Gasteiger charge is 2.24. The zero-order valence-electron chi connectivity index (χ0n) is 10.4. The summed E-state index contributed by atoms with van der Waals surface area (Å²) in [5, 5.41) is 9.83. The fourth-order valence-electron chi connectivity index (χ4n) is 2.15. The van der Waals surface area contributed by atoms with Gasteiger partial charge < -0.3 is 10.8 Å². The van der Waals surface area contributed by atoms with Gasteiger partial charge in [-0.05, 0) is 25.1 Å². The van der Waals surface area contributed by atoms with E-state index in [1.165, 1.54) is 0 Å². The molecule has 0 spiro atoms. The molecule has 3 nitrogen and oxygen atoms in total. The number of aliphatic hydroxyl groups excluding tert-OH is 1. The molecule has 0 amide bonds. The molecule has 0 fully saturated rings.